The van der Waals surface area contributed by atoms with Gasteiger partial charge < -0.3 is 28.5 Å². The summed E-state index contributed by atoms with van der Waals surface area (Å²) < 4.78 is 30.3. The highest BCUT2D eigenvalue weighted by Gasteiger charge is 2.27. The molecule has 432 valence electrons. The fourth-order valence-electron chi connectivity index (χ4n) is 8.22. The normalized spacial score (nSPS) is 14.4. The lowest BCUT2D eigenvalue weighted by atomic mass is 10.0. The molecule has 0 radical (unpaired) electrons. The smallest absolute Gasteiger partial charge is 0.306 e. The number of quaternary nitrogens is 1. The summed E-state index contributed by atoms with van der Waals surface area (Å²) in [4.78, 5) is 40.0. The molecular weight excluding hydrogens is 952 g/mol. The molecule has 1 N–H and O–H groups in total. The van der Waals surface area contributed by atoms with Crippen LogP contribution in [-0.4, -0.2) is 69.4 Å². The number of hydrogen-bond acceptors (Lipinski definition) is 7. The number of allylic oxidation sites excluding steroid dienone is 15. The van der Waals surface area contributed by atoms with Crippen molar-refractivity contribution in [3.05, 3.63) is 97.2 Å². The van der Waals surface area contributed by atoms with Gasteiger partial charge in [0.05, 0.1) is 33.8 Å². The molecule has 0 rings (SSSR count). The van der Waals surface area contributed by atoms with Crippen LogP contribution in [0.25, 0.3) is 0 Å². The second-order valence-corrected chi connectivity index (χ2v) is 22.9. The number of carbonyl (C=O) groups excluding carboxylic acids is 2. The summed E-state index contributed by atoms with van der Waals surface area (Å²) in [6.45, 7) is 6.74. The molecule has 0 aliphatic heterocycles. The van der Waals surface area contributed by atoms with Crippen LogP contribution in [0.15, 0.2) is 97.2 Å². The Balaban J connectivity index is 5.43. The lowest BCUT2D eigenvalue weighted by Gasteiger charge is -2.30. The molecule has 3 unspecified atom stereocenters. The van der Waals surface area contributed by atoms with Crippen molar-refractivity contribution in [2.75, 3.05) is 40.9 Å². The molecule has 0 aliphatic rings. The van der Waals surface area contributed by atoms with Crippen molar-refractivity contribution in [3.63, 3.8) is 0 Å². The first-order valence-electron chi connectivity index (χ1n) is 30.5. The molecule has 0 aromatic heterocycles. The fourth-order valence-corrected chi connectivity index (χ4v) is 8.94. The highest BCUT2D eigenvalue weighted by atomic mass is 31.2. The predicted octanol–water partition coefficient (Wildman–Crippen LogP) is 18.1. The molecule has 0 fully saturated rings. The van der Waals surface area contributed by atoms with Gasteiger partial charge in [-0.3, -0.25) is 14.2 Å². The quantitative estimate of drug-likeness (QED) is 0.0212. The van der Waals surface area contributed by atoms with Crippen molar-refractivity contribution in [2.45, 2.75) is 264 Å². The minimum Gasteiger partial charge on any atom is -0.756 e. The van der Waals surface area contributed by atoms with Crippen molar-refractivity contribution in [1.29, 1.82) is 0 Å². The number of nitrogens with zero attached hydrogens (tertiary/aromatic N) is 1. The minimum absolute atomic E-state index is 0.0367. The largest absolute Gasteiger partial charge is 0.756 e. The van der Waals surface area contributed by atoms with E-state index in [1.54, 1.807) is 0 Å². The van der Waals surface area contributed by atoms with Crippen LogP contribution < -0.4 is 10.2 Å². The van der Waals surface area contributed by atoms with E-state index in [0.717, 1.165) is 96.3 Å². The van der Waals surface area contributed by atoms with E-state index in [1.807, 2.05) is 33.3 Å². The van der Waals surface area contributed by atoms with Crippen LogP contribution in [0.4, 0.5) is 0 Å². The summed E-state index contributed by atoms with van der Waals surface area (Å²) in [6, 6.07) is -0.919. The van der Waals surface area contributed by atoms with E-state index < -0.39 is 26.6 Å². The Labute approximate surface area is 462 Å². The lowest BCUT2D eigenvalue weighted by molar-refractivity contribution is -0.870. The summed E-state index contributed by atoms with van der Waals surface area (Å²) in [5, 5.41) is 3.00. The van der Waals surface area contributed by atoms with Gasteiger partial charge in [-0.2, -0.15) is 0 Å². The van der Waals surface area contributed by atoms with Gasteiger partial charge in [-0.05, 0) is 115 Å². The number of ether oxygens (including phenoxy) is 1. The van der Waals surface area contributed by atoms with Gasteiger partial charge >= 0.3 is 5.97 Å². The Morgan fingerprint density at radius 1 is 0.467 bits per heavy atom. The van der Waals surface area contributed by atoms with Crippen LogP contribution in [-0.2, 0) is 27.9 Å². The maximum absolute atomic E-state index is 13.5. The van der Waals surface area contributed by atoms with Crippen molar-refractivity contribution in [3.8, 4) is 0 Å². The van der Waals surface area contributed by atoms with Crippen LogP contribution >= 0.6 is 7.82 Å². The first-order chi connectivity index (χ1) is 36.4. The Hall–Kier alpha value is -3.07. The average Bonchev–Trinajstić information content (AvgIpc) is 3.37. The summed E-state index contributed by atoms with van der Waals surface area (Å²) in [6.07, 6.45) is 72.2. The predicted molar refractivity (Wildman–Crippen MR) is 321 cm³/mol. The van der Waals surface area contributed by atoms with Crippen LogP contribution in [0.1, 0.15) is 252 Å². The molecule has 0 aromatic rings. The van der Waals surface area contributed by atoms with Crippen molar-refractivity contribution in [1.82, 2.24) is 5.32 Å². The van der Waals surface area contributed by atoms with Crippen molar-refractivity contribution >= 4 is 19.7 Å². The number of phosphoric ester groups is 1. The third-order valence-electron chi connectivity index (χ3n) is 13.0. The summed E-state index contributed by atoms with van der Waals surface area (Å²) in [5.41, 5.74) is 0. The second-order valence-electron chi connectivity index (χ2n) is 21.5. The Kier molecular flexibility index (Phi) is 52.1. The van der Waals surface area contributed by atoms with Gasteiger partial charge in [0, 0.05) is 12.8 Å². The SMILES string of the molecule is CCCCC/C=C\C/C=C\C/C=C\C/C=C\CCCCCC(=O)OC(/C=C/CCCCCCCCCCCCC)C(COP(=O)([O-])OCC[N+](C)(C)C)NC(=O)CCCCCC/C=C\C/C=C\C/C=C\CCCCC. The molecule has 0 aromatic carbocycles. The molecule has 0 aliphatic carbocycles. The molecule has 1 amide bonds. The first kappa shape index (κ1) is 71.9. The lowest BCUT2D eigenvalue weighted by Crippen LogP contribution is -2.47. The Morgan fingerprint density at radius 2 is 0.813 bits per heavy atom. The molecular formula is C65H115N2O7P. The molecule has 0 saturated heterocycles. The highest BCUT2D eigenvalue weighted by molar-refractivity contribution is 7.45. The molecule has 0 bridgehead atoms. The van der Waals surface area contributed by atoms with Crippen molar-refractivity contribution < 1.29 is 37.3 Å². The van der Waals surface area contributed by atoms with Gasteiger partial charge in [-0.15, -0.1) is 0 Å². The molecule has 0 heterocycles. The zero-order chi connectivity index (χ0) is 55.0. The number of likely N-dealkylation sites (N-methyl/N-ethyl adjacent to an activating group) is 1. The molecule has 3 atom stereocenters. The maximum Gasteiger partial charge on any atom is 0.306 e. The molecule has 75 heavy (non-hydrogen) atoms. The van der Waals surface area contributed by atoms with E-state index in [4.69, 9.17) is 13.8 Å². The summed E-state index contributed by atoms with van der Waals surface area (Å²) in [7, 11) is 1.14. The Bertz CT molecular complexity index is 1610. The number of unbranched alkanes of at least 4 members (excludes halogenated alkanes) is 24. The van der Waals surface area contributed by atoms with Gasteiger partial charge in [0.2, 0.25) is 5.91 Å². The number of hydrogen-bond donors (Lipinski definition) is 1. The van der Waals surface area contributed by atoms with Crippen molar-refractivity contribution in [2.24, 2.45) is 0 Å². The number of amides is 1. The molecule has 10 heteroatoms. The van der Waals surface area contributed by atoms with E-state index in [1.165, 1.54) is 109 Å². The van der Waals surface area contributed by atoms with Crippen LogP contribution in [0.5, 0.6) is 0 Å². The average molecular weight is 1070 g/mol. The zero-order valence-corrected chi connectivity index (χ0v) is 50.1. The third-order valence-corrected chi connectivity index (χ3v) is 14.0. The number of carbonyl (C=O) groups is 2. The summed E-state index contributed by atoms with van der Waals surface area (Å²) >= 11 is 0. The van der Waals surface area contributed by atoms with E-state index in [-0.39, 0.29) is 31.3 Å². The number of phosphoric acid groups is 1. The van der Waals surface area contributed by atoms with E-state index >= 15 is 0 Å². The Morgan fingerprint density at radius 3 is 1.25 bits per heavy atom. The monoisotopic (exact) mass is 1070 g/mol. The van der Waals surface area contributed by atoms with E-state index in [0.29, 0.717) is 23.9 Å². The highest BCUT2D eigenvalue weighted by Crippen LogP contribution is 2.38. The van der Waals surface area contributed by atoms with Gasteiger partial charge in [-0.1, -0.05) is 221 Å². The molecule has 0 spiro atoms. The number of nitrogens with one attached hydrogen (secondary N) is 1. The van der Waals surface area contributed by atoms with Gasteiger partial charge in [0.15, 0.2) is 0 Å². The summed E-state index contributed by atoms with van der Waals surface area (Å²) in [5.74, 6) is -0.606. The minimum atomic E-state index is -4.72. The molecule has 9 nitrogen and oxygen atoms in total. The van der Waals surface area contributed by atoms with Crippen LogP contribution in [0, 0.1) is 0 Å². The van der Waals surface area contributed by atoms with E-state index in [9.17, 15) is 19.0 Å². The fraction of sp³-hybridized carbons (Fsp3) is 0.723. The van der Waals surface area contributed by atoms with Gasteiger partial charge in [0.25, 0.3) is 7.82 Å². The van der Waals surface area contributed by atoms with Gasteiger partial charge in [-0.25, -0.2) is 0 Å². The number of rotatable bonds is 54. The van der Waals surface area contributed by atoms with Crippen LogP contribution in [0.2, 0.25) is 0 Å². The number of esters is 1. The first-order valence-corrected chi connectivity index (χ1v) is 32.0. The molecule has 0 saturated carbocycles. The third kappa shape index (κ3) is 55.5. The standard InChI is InChI=1S/C65H115N2O7P/c1-7-10-13-16-19-22-25-28-30-32-33-35-37-40-43-46-49-52-55-58-65(69)74-63(56-53-50-47-44-41-38-27-24-21-18-15-12-9-3)62(61-73-75(70,71)72-60-59-67(4,5)6)66-64(68)57-54-51-48-45-42-39-36-34-31-29-26-23-20-17-14-11-8-2/h19-20,22-23,28-31,33,35-36,39-40,43,53,56,62-63H,7-18,21,24-27,32,34,37-38,41-42,44-52,54-55,57-61H2,1-6H3,(H-,66,68,70,71)/b22-19-,23-20-,30-28-,31-29-,35-33-,39-36-,43-40-,56-53+. The topological polar surface area (TPSA) is 114 Å². The zero-order valence-electron chi connectivity index (χ0n) is 49.2. The van der Waals surface area contributed by atoms with Crippen LogP contribution in [0.3, 0.4) is 0 Å². The maximum atomic E-state index is 13.5. The second kappa shape index (κ2) is 54.3. The van der Waals surface area contributed by atoms with E-state index in [2.05, 4.69) is 111 Å². The van der Waals surface area contributed by atoms with Gasteiger partial charge in [0.1, 0.15) is 19.3 Å².